The minimum atomic E-state index is 0.602. The van der Waals surface area contributed by atoms with Crippen LogP contribution >= 0.6 is 0 Å². The summed E-state index contributed by atoms with van der Waals surface area (Å²) in [5, 5.41) is 1.26. The molecule has 86 valence electrons. The second-order valence-electron chi connectivity index (χ2n) is 3.95. The summed E-state index contributed by atoms with van der Waals surface area (Å²) < 4.78 is 7.32. The SMILES string of the molecule is COCCCn1ccc2cc(CN)ccc21. The number of hydrogen-bond donors (Lipinski definition) is 1. The van der Waals surface area contributed by atoms with Gasteiger partial charge in [0.1, 0.15) is 0 Å². The van der Waals surface area contributed by atoms with Gasteiger partial charge in [-0.25, -0.2) is 0 Å². The molecule has 0 aliphatic heterocycles. The van der Waals surface area contributed by atoms with E-state index in [0.717, 1.165) is 19.6 Å². The van der Waals surface area contributed by atoms with Crippen molar-refractivity contribution < 1.29 is 4.74 Å². The van der Waals surface area contributed by atoms with Crippen LogP contribution in [0.3, 0.4) is 0 Å². The lowest BCUT2D eigenvalue weighted by Gasteiger charge is -2.05. The quantitative estimate of drug-likeness (QED) is 0.781. The number of nitrogens with two attached hydrogens (primary N) is 1. The van der Waals surface area contributed by atoms with E-state index in [1.165, 1.54) is 16.5 Å². The van der Waals surface area contributed by atoms with E-state index in [1.807, 2.05) is 0 Å². The highest BCUT2D eigenvalue weighted by Gasteiger charge is 2.01. The van der Waals surface area contributed by atoms with Crippen LogP contribution in [0.1, 0.15) is 12.0 Å². The first kappa shape index (κ1) is 11.2. The van der Waals surface area contributed by atoms with Crippen molar-refractivity contribution in [3.63, 3.8) is 0 Å². The molecule has 0 bridgehead atoms. The van der Waals surface area contributed by atoms with Crippen molar-refractivity contribution in [3.05, 3.63) is 36.0 Å². The molecule has 0 aliphatic carbocycles. The zero-order valence-electron chi connectivity index (χ0n) is 9.65. The van der Waals surface area contributed by atoms with Gasteiger partial charge >= 0.3 is 0 Å². The molecule has 0 saturated carbocycles. The van der Waals surface area contributed by atoms with Gasteiger partial charge < -0.3 is 15.0 Å². The molecule has 2 N–H and O–H groups in total. The van der Waals surface area contributed by atoms with Crippen LogP contribution in [0.2, 0.25) is 0 Å². The third-order valence-corrected chi connectivity index (χ3v) is 2.82. The average molecular weight is 218 g/mol. The van der Waals surface area contributed by atoms with E-state index in [4.69, 9.17) is 10.5 Å². The van der Waals surface area contributed by atoms with Gasteiger partial charge in [0.05, 0.1) is 0 Å². The lowest BCUT2D eigenvalue weighted by atomic mass is 10.1. The first-order chi connectivity index (χ1) is 7.85. The van der Waals surface area contributed by atoms with Gasteiger partial charge in [-0.15, -0.1) is 0 Å². The van der Waals surface area contributed by atoms with Crippen LogP contribution in [0, 0.1) is 0 Å². The molecule has 1 aromatic heterocycles. The lowest BCUT2D eigenvalue weighted by molar-refractivity contribution is 0.190. The normalized spacial score (nSPS) is 11.1. The highest BCUT2D eigenvalue weighted by molar-refractivity contribution is 5.80. The minimum absolute atomic E-state index is 0.602. The van der Waals surface area contributed by atoms with Crippen LogP contribution in [-0.4, -0.2) is 18.3 Å². The molecule has 0 spiro atoms. The number of aromatic nitrogens is 1. The summed E-state index contributed by atoms with van der Waals surface area (Å²) in [7, 11) is 1.74. The summed E-state index contributed by atoms with van der Waals surface area (Å²) in [6.45, 7) is 2.41. The van der Waals surface area contributed by atoms with E-state index in [9.17, 15) is 0 Å². The van der Waals surface area contributed by atoms with E-state index in [0.29, 0.717) is 6.54 Å². The molecule has 3 nitrogen and oxygen atoms in total. The number of fused-ring (bicyclic) bond motifs is 1. The smallest absolute Gasteiger partial charge is 0.0480 e. The molecule has 16 heavy (non-hydrogen) atoms. The summed E-state index contributed by atoms with van der Waals surface area (Å²) in [4.78, 5) is 0. The van der Waals surface area contributed by atoms with Gasteiger partial charge in [-0.05, 0) is 35.6 Å². The number of hydrogen-bond acceptors (Lipinski definition) is 2. The fourth-order valence-corrected chi connectivity index (χ4v) is 1.95. The number of benzene rings is 1. The molecular formula is C13H18N2O. The monoisotopic (exact) mass is 218 g/mol. The molecule has 3 heteroatoms. The number of rotatable bonds is 5. The Morgan fingerprint density at radius 3 is 2.94 bits per heavy atom. The van der Waals surface area contributed by atoms with Gasteiger partial charge in [-0.3, -0.25) is 0 Å². The topological polar surface area (TPSA) is 40.2 Å². The Morgan fingerprint density at radius 1 is 1.31 bits per heavy atom. The Bertz CT molecular complexity index is 462. The summed E-state index contributed by atoms with van der Waals surface area (Å²) >= 11 is 0. The summed E-state index contributed by atoms with van der Waals surface area (Å²) in [5.74, 6) is 0. The Hall–Kier alpha value is -1.32. The molecule has 0 unspecified atom stereocenters. The highest BCUT2D eigenvalue weighted by atomic mass is 16.5. The van der Waals surface area contributed by atoms with Crippen LogP contribution in [0.15, 0.2) is 30.5 Å². The summed E-state index contributed by atoms with van der Waals surface area (Å²) in [6, 6.07) is 8.53. The lowest BCUT2D eigenvalue weighted by Crippen LogP contribution is -2.00. The summed E-state index contributed by atoms with van der Waals surface area (Å²) in [5.41, 5.74) is 8.08. The maximum atomic E-state index is 5.62. The van der Waals surface area contributed by atoms with Crippen LogP contribution in [-0.2, 0) is 17.8 Å². The second-order valence-corrected chi connectivity index (χ2v) is 3.95. The Morgan fingerprint density at radius 2 is 2.19 bits per heavy atom. The molecule has 2 rings (SSSR count). The van der Waals surface area contributed by atoms with Crippen molar-refractivity contribution in [2.75, 3.05) is 13.7 Å². The average Bonchev–Trinajstić information content (AvgIpc) is 2.72. The maximum Gasteiger partial charge on any atom is 0.0480 e. The van der Waals surface area contributed by atoms with Crippen LogP contribution in [0.4, 0.5) is 0 Å². The molecule has 1 aromatic carbocycles. The van der Waals surface area contributed by atoms with E-state index >= 15 is 0 Å². The van der Waals surface area contributed by atoms with E-state index in [1.54, 1.807) is 7.11 Å². The maximum absolute atomic E-state index is 5.62. The Kier molecular flexibility index (Phi) is 3.59. The van der Waals surface area contributed by atoms with Crippen molar-refractivity contribution in [1.29, 1.82) is 0 Å². The van der Waals surface area contributed by atoms with Crippen molar-refractivity contribution in [1.82, 2.24) is 4.57 Å². The second kappa shape index (κ2) is 5.14. The predicted molar refractivity (Wildman–Crippen MR) is 66.3 cm³/mol. The highest BCUT2D eigenvalue weighted by Crippen LogP contribution is 2.17. The van der Waals surface area contributed by atoms with Crippen molar-refractivity contribution >= 4 is 10.9 Å². The molecule has 2 aromatic rings. The number of methoxy groups -OCH3 is 1. The predicted octanol–water partition coefficient (Wildman–Crippen LogP) is 2.14. The zero-order valence-corrected chi connectivity index (χ0v) is 9.65. The molecule has 0 aliphatic rings. The fourth-order valence-electron chi connectivity index (χ4n) is 1.95. The van der Waals surface area contributed by atoms with E-state index in [-0.39, 0.29) is 0 Å². The van der Waals surface area contributed by atoms with E-state index in [2.05, 4.69) is 35.0 Å². The van der Waals surface area contributed by atoms with Gasteiger partial charge in [0, 0.05) is 38.5 Å². The van der Waals surface area contributed by atoms with Crippen LogP contribution < -0.4 is 5.73 Å². The number of nitrogens with zero attached hydrogens (tertiary/aromatic N) is 1. The number of ether oxygens (including phenoxy) is 1. The van der Waals surface area contributed by atoms with Crippen LogP contribution in [0.25, 0.3) is 10.9 Å². The van der Waals surface area contributed by atoms with Gasteiger partial charge in [0.2, 0.25) is 0 Å². The van der Waals surface area contributed by atoms with Crippen molar-refractivity contribution in [2.24, 2.45) is 5.73 Å². The third-order valence-electron chi connectivity index (χ3n) is 2.82. The molecule has 0 atom stereocenters. The largest absolute Gasteiger partial charge is 0.385 e. The van der Waals surface area contributed by atoms with E-state index < -0.39 is 0 Å². The fraction of sp³-hybridized carbons (Fsp3) is 0.385. The van der Waals surface area contributed by atoms with Gasteiger partial charge in [-0.2, -0.15) is 0 Å². The van der Waals surface area contributed by atoms with Crippen molar-refractivity contribution in [2.45, 2.75) is 19.5 Å². The Labute approximate surface area is 95.8 Å². The standard InChI is InChI=1S/C13H18N2O/c1-16-8-2-6-15-7-5-12-9-11(10-14)3-4-13(12)15/h3-5,7,9H,2,6,8,10,14H2,1H3. The molecule has 0 fully saturated rings. The van der Waals surface area contributed by atoms with Gasteiger partial charge in [0.15, 0.2) is 0 Å². The van der Waals surface area contributed by atoms with Gasteiger partial charge in [0.25, 0.3) is 0 Å². The molecule has 1 heterocycles. The molecule has 0 radical (unpaired) electrons. The van der Waals surface area contributed by atoms with Crippen molar-refractivity contribution in [3.8, 4) is 0 Å². The Balaban J connectivity index is 2.20. The van der Waals surface area contributed by atoms with Gasteiger partial charge in [-0.1, -0.05) is 6.07 Å². The first-order valence-electron chi connectivity index (χ1n) is 5.62. The number of aryl methyl sites for hydroxylation is 1. The first-order valence-corrected chi connectivity index (χ1v) is 5.62. The van der Waals surface area contributed by atoms with Crippen LogP contribution in [0.5, 0.6) is 0 Å². The minimum Gasteiger partial charge on any atom is -0.385 e. The summed E-state index contributed by atoms with van der Waals surface area (Å²) in [6.07, 6.45) is 3.17. The molecule has 0 amide bonds. The molecular weight excluding hydrogens is 200 g/mol. The zero-order chi connectivity index (χ0) is 11.4. The third kappa shape index (κ3) is 2.26. The molecule has 0 saturated heterocycles.